The van der Waals surface area contributed by atoms with Crippen molar-refractivity contribution in [3.8, 4) is 0 Å². The molecular formula is C22H20N4O6S3. The predicted octanol–water partition coefficient (Wildman–Crippen LogP) is 2.48. The zero-order valence-corrected chi connectivity index (χ0v) is 20.8. The first-order chi connectivity index (χ1) is 16.8. The molecule has 3 heterocycles. The number of aromatic nitrogens is 1. The molecule has 0 radical (unpaired) electrons. The van der Waals surface area contributed by atoms with Crippen LogP contribution >= 0.6 is 34.9 Å². The van der Waals surface area contributed by atoms with E-state index >= 15 is 0 Å². The van der Waals surface area contributed by atoms with Crippen molar-refractivity contribution in [1.82, 2.24) is 9.88 Å². The number of nitrogens with zero attached hydrogens (tertiary/aromatic N) is 3. The summed E-state index contributed by atoms with van der Waals surface area (Å²) in [7, 11) is 1.29. The Morgan fingerprint density at radius 3 is 2.69 bits per heavy atom. The number of anilines is 1. The molecule has 2 aliphatic heterocycles. The molecule has 0 bridgehead atoms. The Morgan fingerprint density at radius 2 is 2.06 bits per heavy atom. The van der Waals surface area contributed by atoms with E-state index in [9.17, 15) is 24.3 Å². The van der Waals surface area contributed by atoms with Crippen molar-refractivity contribution in [3.05, 3.63) is 58.2 Å². The fraction of sp³-hybridized carbons (Fsp3) is 0.273. The number of amides is 1. The number of fused-ring (bicyclic) bond motifs is 1. The Hall–Kier alpha value is -3.16. The molecule has 4 rings (SSSR count). The summed E-state index contributed by atoms with van der Waals surface area (Å²) in [6, 6.07) is 8.69. The number of hydrogen-bond donors (Lipinski definition) is 2. The molecule has 10 nitrogen and oxygen atoms in total. The van der Waals surface area contributed by atoms with Gasteiger partial charge in [-0.15, -0.1) is 23.1 Å². The average Bonchev–Trinajstić information content (AvgIpc) is 3.29. The van der Waals surface area contributed by atoms with Gasteiger partial charge in [0.05, 0.1) is 11.3 Å². The number of carbonyl (C=O) groups is 4. The van der Waals surface area contributed by atoms with E-state index in [0.29, 0.717) is 16.9 Å². The number of benzene rings is 1. The van der Waals surface area contributed by atoms with E-state index in [2.05, 4.69) is 10.1 Å². The van der Waals surface area contributed by atoms with Gasteiger partial charge in [0.2, 0.25) is 11.0 Å². The minimum atomic E-state index is -1.24. The number of carboxylic acid groups (broad SMARTS) is 1. The van der Waals surface area contributed by atoms with E-state index in [1.165, 1.54) is 23.8 Å². The van der Waals surface area contributed by atoms with Gasteiger partial charge in [0.1, 0.15) is 18.5 Å². The third kappa shape index (κ3) is 5.11. The van der Waals surface area contributed by atoms with Crippen LogP contribution in [0.15, 0.2) is 52.1 Å². The SMILES string of the molecule is CO/N=C(\C(=O)C[C@@H]1C(=O)N2C(C(=O)O)=C(CSC(=O)c3ccccc3)CS[C@H]12)c1csc(N)n1. The highest BCUT2D eigenvalue weighted by atomic mass is 32.2. The van der Waals surface area contributed by atoms with Crippen LogP contribution in [0.4, 0.5) is 5.13 Å². The van der Waals surface area contributed by atoms with Gasteiger partial charge in [-0.3, -0.25) is 19.3 Å². The first-order valence-corrected chi connectivity index (χ1v) is 13.2. The van der Waals surface area contributed by atoms with Gasteiger partial charge in [0.15, 0.2) is 16.6 Å². The van der Waals surface area contributed by atoms with E-state index in [-0.39, 0.29) is 39.5 Å². The number of nitrogens with two attached hydrogens (primary N) is 1. The molecule has 2 aliphatic rings. The number of carbonyl (C=O) groups excluding carboxylic acids is 3. The highest BCUT2D eigenvalue weighted by molar-refractivity contribution is 8.14. The maximum atomic E-state index is 13.0. The number of carboxylic acids is 1. The van der Waals surface area contributed by atoms with Gasteiger partial charge in [0.25, 0.3) is 0 Å². The normalized spacial score (nSPS) is 19.7. The molecule has 13 heteroatoms. The van der Waals surface area contributed by atoms with E-state index in [1.54, 1.807) is 35.7 Å². The van der Waals surface area contributed by atoms with Crippen molar-refractivity contribution >= 4 is 68.5 Å². The lowest BCUT2D eigenvalue weighted by molar-refractivity contribution is -0.153. The van der Waals surface area contributed by atoms with Crippen LogP contribution in [0.5, 0.6) is 0 Å². The van der Waals surface area contributed by atoms with Crippen molar-refractivity contribution in [2.24, 2.45) is 11.1 Å². The zero-order chi connectivity index (χ0) is 25.1. The highest BCUT2D eigenvalue weighted by Gasteiger charge is 2.54. The number of β-lactam (4-membered cyclic amide) rings is 1. The fourth-order valence-electron chi connectivity index (χ4n) is 3.76. The topological polar surface area (TPSA) is 152 Å². The number of ketones is 1. The molecule has 2 aromatic rings. The Bertz CT molecular complexity index is 1240. The maximum absolute atomic E-state index is 13.0. The summed E-state index contributed by atoms with van der Waals surface area (Å²) in [5, 5.41) is 14.7. The molecule has 1 amide bonds. The lowest BCUT2D eigenvalue weighted by Crippen LogP contribution is -2.62. The second-order valence-electron chi connectivity index (χ2n) is 7.54. The minimum Gasteiger partial charge on any atom is -0.477 e. The predicted molar refractivity (Wildman–Crippen MR) is 134 cm³/mol. The average molecular weight is 533 g/mol. The lowest BCUT2D eigenvalue weighted by atomic mass is 9.89. The Kier molecular flexibility index (Phi) is 7.57. The van der Waals surface area contributed by atoms with Crippen LogP contribution in [0.2, 0.25) is 0 Å². The smallest absolute Gasteiger partial charge is 0.352 e. The summed E-state index contributed by atoms with van der Waals surface area (Å²) in [5.74, 6) is -2.38. The largest absolute Gasteiger partial charge is 0.477 e. The molecule has 0 saturated carbocycles. The van der Waals surface area contributed by atoms with Gasteiger partial charge in [-0.05, 0) is 5.57 Å². The molecular weight excluding hydrogens is 512 g/mol. The fourth-order valence-corrected chi connectivity index (χ4v) is 6.70. The third-order valence-corrected chi connectivity index (χ3v) is 8.42. The first kappa shape index (κ1) is 24.9. The number of oxime groups is 1. The molecule has 1 aromatic carbocycles. The summed E-state index contributed by atoms with van der Waals surface area (Å²) >= 11 is 3.51. The molecule has 3 N–H and O–H groups in total. The number of rotatable bonds is 9. The van der Waals surface area contributed by atoms with Gasteiger partial charge >= 0.3 is 5.97 Å². The molecule has 0 unspecified atom stereocenters. The number of nitrogen functional groups attached to an aromatic ring is 1. The van der Waals surface area contributed by atoms with Gasteiger partial charge < -0.3 is 15.7 Å². The standard InChI is InChI=1S/C22H20N4O6S3/c1-32-25-16(14-10-35-22(23)24-14)15(27)7-13-18(28)26-17(20(29)30)12(8-33-19(13)26)9-34-21(31)11-5-3-2-4-6-11/h2-6,10,13,19H,7-9H2,1H3,(H2,23,24)(H,29,30)/b25-16-/t13-,19-/m1/s1. The van der Waals surface area contributed by atoms with Gasteiger partial charge in [-0.25, -0.2) is 9.78 Å². The number of thioether (sulfide) groups is 2. The lowest BCUT2D eigenvalue weighted by Gasteiger charge is -2.49. The highest BCUT2D eigenvalue weighted by Crippen LogP contribution is 2.45. The van der Waals surface area contributed by atoms with E-state index in [4.69, 9.17) is 10.6 Å². The number of aliphatic carboxylic acids is 1. The van der Waals surface area contributed by atoms with E-state index in [1.807, 2.05) is 0 Å². The van der Waals surface area contributed by atoms with Crippen molar-refractivity contribution in [2.75, 3.05) is 24.3 Å². The summed E-state index contributed by atoms with van der Waals surface area (Å²) in [6.07, 6.45) is -0.171. The molecule has 0 aliphatic carbocycles. The van der Waals surface area contributed by atoms with Crippen LogP contribution in [0, 0.1) is 5.92 Å². The quantitative estimate of drug-likeness (QED) is 0.280. The zero-order valence-electron chi connectivity index (χ0n) is 18.4. The Balaban J connectivity index is 1.47. The van der Waals surface area contributed by atoms with Gasteiger partial charge in [-0.2, -0.15) is 0 Å². The number of thiazole rings is 1. The van der Waals surface area contributed by atoms with Crippen molar-refractivity contribution < 1.29 is 29.1 Å². The molecule has 1 aromatic heterocycles. The Morgan fingerprint density at radius 1 is 1.31 bits per heavy atom. The van der Waals surface area contributed by atoms with Crippen LogP contribution in [-0.2, 0) is 19.2 Å². The summed E-state index contributed by atoms with van der Waals surface area (Å²) in [4.78, 5) is 60.4. The monoisotopic (exact) mass is 532 g/mol. The molecule has 1 fully saturated rings. The van der Waals surface area contributed by atoms with E-state index in [0.717, 1.165) is 23.1 Å². The third-order valence-electron chi connectivity index (χ3n) is 5.36. The molecule has 2 atom stereocenters. The van der Waals surface area contributed by atoms with E-state index < -0.39 is 29.0 Å². The molecule has 0 spiro atoms. The number of Topliss-reactive ketones (excluding diaryl/α,β-unsaturated/α-hetero) is 1. The van der Waals surface area contributed by atoms with Gasteiger partial charge in [-0.1, -0.05) is 47.2 Å². The summed E-state index contributed by atoms with van der Waals surface area (Å²) < 4.78 is 0. The second kappa shape index (κ2) is 10.6. The van der Waals surface area contributed by atoms with Crippen LogP contribution in [0.25, 0.3) is 0 Å². The first-order valence-electron chi connectivity index (χ1n) is 10.3. The minimum absolute atomic E-state index is 0.0435. The molecule has 1 saturated heterocycles. The van der Waals surface area contributed by atoms with Crippen molar-refractivity contribution in [3.63, 3.8) is 0 Å². The van der Waals surface area contributed by atoms with Crippen molar-refractivity contribution in [2.45, 2.75) is 11.8 Å². The van der Waals surface area contributed by atoms with Crippen LogP contribution in [-0.4, -0.2) is 67.5 Å². The molecule has 182 valence electrons. The maximum Gasteiger partial charge on any atom is 0.352 e. The molecule has 35 heavy (non-hydrogen) atoms. The summed E-state index contributed by atoms with van der Waals surface area (Å²) in [5.41, 5.74) is 6.75. The summed E-state index contributed by atoms with van der Waals surface area (Å²) in [6.45, 7) is 0. The van der Waals surface area contributed by atoms with Crippen LogP contribution in [0.1, 0.15) is 22.5 Å². The van der Waals surface area contributed by atoms with Crippen molar-refractivity contribution in [1.29, 1.82) is 0 Å². The van der Waals surface area contributed by atoms with Gasteiger partial charge in [0, 0.05) is 28.9 Å². The number of hydrogen-bond acceptors (Lipinski definition) is 11. The van der Waals surface area contributed by atoms with Crippen LogP contribution < -0.4 is 5.73 Å². The Labute approximate surface area is 212 Å². The van der Waals surface area contributed by atoms with Crippen LogP contribution in [0.3, 0.4) is 0 Å². The second-order valence-corrected chi connectivity index (χ2v) is 10.5.